The van der Waals surface area contributed by atoms with E-state index >= 15 is 0 Å². The molecule has 2 fully saturated rings. The van der Waals surface area contributed by atoms with Gasteiger partial charge in [-0.25, -0.2) is 9.36 Å². The minimum absolute atomic E-state index is 0.101. The lowest BCUT2D eigenvalue weighted by Gasteiger charge is -2.29. The van der Waals surface area contributed by atoms with Crippen LogP contribution in [0.25, 0.3) is 0 Å². The van der Waals surface area contributed by atoms with Crippen LogP contribution in [-0.4, -0.2) is 106 Å². The van der Waals surface area contributed by atoms with Crippen molar-refractivity contribution < 1.29 is 42.0 Å². The van der Waals surface area contributed by atoms with Gasteiger partial charge in [-0.3, -0.25) is 9.05 Å². The van der Waals surface area contributed by atoms with E-state index in [1.165, 1.54) is 103 Å². The van der Waals surface area contributed by atoms with Gasteiger partial charge >= 0.3 is 13.9 Å². The molecule has 10 nitrogen and oxygen atoms in total. The van der Waals surface area contributed by atoms with Crippen molar-refractivity contribution in [1.29, 1.82) is 0 Å². The number of carbonyl (C=O) groups is 1. The van der Waals surface area contributed by atoms with Crippen LogP contribution in [0.4, 0.5) is 4.79 Å². The van der Waals surface area contributed by atoms with E-state index in [9.17, 15) is 14.3 Å². The van der Waals surface area contributed by atoms with Crippen LogP contribution in [-0.2, 0) is 27.8 Å². The molecule has 44 heavy (non-hydrogen) atoms. The summed E-state index contributed by atoms with van der Waals surface area (Å²) < 4.78 is 40.6. The molecule has 0 saturated carbocycles. The van der Waals surface area contributed by atoms with Gasteiger partial charge in [-0.05, 0) is 6.42 Å². The Morgan fingerprint density at radius 3 is 1.86 bits per heavy atom. The second-order valence-electron chi connectivity index (χ2n) is 13.1. The van der Waals surface area contributed by atoms with E-state index in [0.717, 1.165) is 30.4 Å². The molecular formula is C33H66N2O8P+. The van der Waals surface area contributed by atoms with E-state index in [0.29, 0.717) is 39.5 Å². The summed E-state index contributed by atoms with van der Waals surface area (Å²) in [7, 11) is -2.14. The standard InChI is InChI=1S/C33H65N2O8P/c1-3-4-5-6-7-8-9-10-11-12-13-14-15-16-17-20-26-40-30-32(43-33(36)34-21-27-39-28-22-34)31-42-44(37,38)41-29-25-35(2)23-18-19-24-35/h32H,3-31H2,1-2H3/p+1. The number of phosphoric ester groups is 1. The fourth-order valence-corrected chi connectivity index (χ4v) is 6.70. The first-order chi connectivity index (χ1) is 21.3. The fourth-order valence-electron chi connectivity index (χ4n) is 5.96. The molecule has 260 valence electrons. The van der Waals surface area contributed by atoms with Gasteiger partial charge in [0.15, 0.2) is 6.10 Å². The SMILES string of the molecule is CCCCCCCCCCCCCCCCCCOCC(COP(=O)(O)OCC[N+]1(C)CCCC1)OC(=O)N1CCOCC1. The number of likely N-dealkylation sites (tertiary alicyclic amines) is 1. The van der Waals surface area contributed by atoms with Gasteiger partial charge in [0.25, 0.3) is 0 Å². The zero-order valence-corrected chi connectivity index (χ0v) is 29.1. The van der Waals surface area contributed by atoms with Gasteiger partial charge in [-0.1, -0.05) is 103 Å². The predicted octanol–water partition coefficient (Wildman–Crippen LogP) is 7.48. The van der Waals surface area contributed by atoms with Gasteiger partial charge in [-0.2, -0.15) is 0 Å². The van der Waals surface area contributed by atoms with Crippen molar-refractivity contribution in [3.8, 4) is 0 Å². The van der Waals surface area contributed by atoms with Crippen molar-refractivity contribution in [2.75, 3.05) is 79.4 Å². The maximum Gasteiger partial charge on any atom is 0.472 e. The Kier molecular flexibility index (Phi) is 21.9. The first kappa shape index (κ1) is 39.4. The Morgan fingerprint density at radius 1 is 0.795 bits per heavy atom. The quantitative estimate of drug-likeness (QED) is 0.0555. The third-order valence-electron chi connectivity index (χ3n) is 8.94. The second kappa shape index (κ2) is 24.4. The van der Waals surface area contributed by atoms with Crippen molar-refractivity contribution >= 4 is 13.9 Å². The molecule has 0 bridgehead atoms. The van der Waals surface area contributed by atoms with Crippen molar-refractivity contribution in [2.24, 2.45) is 0 Å². The average molecular weight is 650 g/mol. The smallest absolute Gasteiger partial charge is 0.441 e. The first-order valence-electron chi connectivity index (χ1n) is 17.9. The summed E-state index contributed by atoms with van der Waals surface area (Å²) in [5.74, 6) is 0. The number of hydrogen-bond acceptors (Lipinski definition) is 7. The van der Waals surface area contributed by atoms with Crippen LogP contribution >= 0.6 is 7.82 Å². The van der Waals surface area contributed by atoms with Crippen LogP contribution in [0, 0.1) is 0 Å². The molecule has 11 heteroatoms. The first-order valence-corrected chi connectivity index (χ1v) is 19.4. The van der Waals surface area contributed by atoms with E-state index in [4.69, 9.17) is 23.3 Å². The van der Waals surface area contributed by atoms with Gasteiger partial charge in [0.1, 0.15) is 13.2 Å². The van der Waals surface area contributed by atoms with Crippen LogP contribution in [0.5, 0.6) is 0 Å². The molecule has 0 aromatic rings. The zero-order valence-electron chi connectivity index (χ0n) is 28.2. The number of rotatable bonds is 27. The molecule has 1 N–H and O–H groups in total. The van der Waals surface area contributed by atoms with Gasteiger partial charge in [0.05, 0.1) is 46.6 Å². The highest BCUT2D eigenvalue weighted by molar-refractivity contribution is 7.47. The van der Waals surface area contributed by atoms with E-state index in [1.54, 1.807) is 4.90 Å². The number of quaternary nitrogens is 1. The number of nitrogens with zero attached hydrogens (tertiary/aromatic N) is 2. The van der Waals surface area contributed by atoms with Crippen molar-refractivity contribution in [3.63, 3.8) is 0 Å². The predicted molar refractivity (Wildman–Crippen MR) is 175 cm³/mol. The van der Waals surface area contributed by atoms with Crippen LogP contribution in [0.3, 0.4) is 0 Å². The lowest BCUT2D eigenvalue weighted by Crippen LogP contribution is -2.43. The number of amides is 1. The topological polar surface area (TPSA) is 104 Å². The number of likely N-dealkylation sites (N-methyl/N-ethyl adjacent to an activating group) is 1. The minimum atomic E-state index is -4.28. The molecule has 0 aromatic carbocycles. The summed E-state index contributed by atoms with van der Waals surface area (Å²) in [6.45, 7) is 7.37. The zero-order chi connectivity index (χ0) is 31.8. The summed E-state index contributed by atoms with van der Waals surface area (Å²) >= 11 is 0. The number of ether oxygens (including phenoxy) is 3. The van der Waals surface area contributed by atoms with Crippen molar-refractivity contribution in [2.45, 2.75) is 129 Å². The molecule has 0 spiro atoms. The van der Waals surface area contributed by atoms with Crippen LogP contribution in [0.2, 0.25) is 0 Å². The molecule has 2 heterocycles. The summed E-state index contributed by atoms with van der Waals surface area (Å²) in [4.78, 5) is 24.4. The largest absolute Gasteiger partial charge is 0.472 e. The van der Waals surface area contributed by atoms with Gasteiger partial charge in [-0.15, -0.1) is 0 Å². The number of phosphoric acid groups is 1. The van der Waals surface area contributed by atoms with E-state index in [-0.39, 0.29) is 19.8 Å². The molecule has 2 aliphatic rings. The van der Waals surface area contributed by atoms with Gasteiger partial charge < -0.3 is 28.5 Å². The molecular weight excluding hydrogens is 583 g/mol. The molecule has 2 rings (SSSR count). The Bertz CT molecular complexity index is 762. The van der Waals surface area contributed by atoms with E-state index in [2.05, 4.69) is 14.0 Å². The Balaban J connectivity index is 1.55. The molecule has 2 aliphatic heterocycles. The van der Waals surface area contributed by atoms with E-state index in [1.807, 2.05) is 0 Å². The fraction of sp³-hybridized carbons (Fsp3) is 0.970. The maximum absolute atomic E-state index is 12.7. The average Bonchev–Trinajstić information content (AvgIpc) is 3.45. The maximum atomic E-state index is 12.7. The third kappa shape index (κ3) is 19.7. The molecule has 0 aliphatic carbocycles. The lowest BCUT2D eigenvalue weighted by molar-refractivity contribution is -0.897. The summed E-state index contributed by atoms with van der Waals surface area (Å²) in [6, 6.07) is 0. The number of morpholine rings is 1. The normalized spacial score (nSPS) is 18.8. The molecule has 1 amide bonds. The molecule has 2 saturated heterocycles. The van der Waals surface area contributed by atoms with Crippen LogP contribution in [0.1, 0.15) is 122 Å². The Labute approximate surface area is 268 Å². The third-order valence-corrected chi connectivity index (χ3v) is 9.92. The Morgan fingerprint density at radius 2 is 1.32 bits per heavy atom. The van der Waals surface area contributed by atoms with E-state index < -0.39 is 20.0 Å². The van der Waals surface area contributed by atoms with Gasteiger partial charge in [0.2, 0.25) is 0 Å². The Hall–Kier alpha value is -0.740. The highest BCUT2D eigenvalue weighted by atomic mass is 31.2. The summed E-state index contributed by atoms with van der Waals surface area (Å²) in [5, 5.41) is 0. The number of carbonyl (C=O) groups excluding carboxylic acids is 1. The number of hydrogen-bond donors (Lipinski definition) is 1. The lowest BCUT2D eigenvalue weighted by atomic mass is 10.0. The summed E-state index contributed by atoms with van der Waals surface area (Å²) in [5.41, 5.74) is 0. The molecule has 2 unspecified atom stereocenters. The number of unbranched alkanes of at least 4 members (excludes halogenated alkanes) is 15. The minimum Gasteiger partial charge on any atom is -0.441 e. The molecule has 2 atom stereocenters. The highest BCUT2D eigenvalue weighted by Gasteiger charge is 2.30. The summed E-state index contributed by atoms with van der Waals surface area (Å²) in [6.07, 6.45) is 22.0. The second-order valence-corrected chi connectivity index (χ2v) is 14.5. The highest BCUT2D eigenvalue weighted by Crippen LogP contribution is 2.43. The van der Waals surface area contributed by atoms with Crippen LogP contribution in [0.15, 0.2) is 0 Å². The molecule has 0 radical (unpaired) electrons. The van der Waals surface area contributed by atoms with Crippen molar-refractivity contribution in [1.82, 2.24) is 4.90 Å². The molecule has 0 aromatic heterocycles. The van der Waals surface area contributed by atoms with Gasteiger partial charge in [0, 0.05) is 32.5 Å². The monoisotopic (exact) mass is 649 g/mol. The van der Waals surface area contributed by atoms with Crippen LogP contribution < -0.4 is 0 Å². The van der Waals surface area contributed by atoms with Crippen molar-refractivity contribution in [3.05, 3.63) is 0 Å².